The maximum absolute atomic E-state index is 9.92. The molecule has 0 amide bonds. The summed E-state index contributed by atoms with van der Waals surface area (Å²) in [5.74, 6) is 0. The zero-order valence-electron chi connectivity index (χ0n) is 5.39. The van der Waals surface area contributed by atoms with Crippen LogP contribution in [-0.4, -0.2) is 6.10 Å². The predicted molar refractivity (Wildman–Crippen MR) is 35.9 cm³/mol. The van der Waals surface area contributed by atoms with Gasteiger partial charge in [0.15, 0.2) is 8.69 Å². The Morgan fingerprint density at radius 3 is 2.12 bits per heavy atom. The van der Waals surface area contributed by atoms with Crippen LogP contribution in [0.2, 0.25) is 0 Å². The van der Waals surface area contributed by atoms with Crippen molar-refractivity contribution in [3.63, 3.8) is 0 Å². The minimum Gasteiger partial charge on any atom is -0.329 e. The second kappa shape index (κ2) is 5.33. The highest BCUT2D eigenvalue weighted by atomic mass is 31.1. The largest absolute Gasteiger partial charge is 0.329 e. The van der Waals surface area contributed by atoms with Crippen molar-refractivity contribution in [3.05, 3.63) is 0 Å². The third-order valence-corrected chi connectivity index (χ3v) is 1.65. The Labute approximate surface area is 51.5 Å². The van der Waals surface area contributed by atoms with E-state index >= 15 is 0 Å². The fraction of sp³-hybridized carbons (Fsp3) is 1.00. The maximum atomic E-state index is 9.92. The molecular weight excluding hydrogens is 123 g/mol. The third-order valence-electron chi connectivity index (χ3n) is 1.16. The van der Waals surface area contributed by atoms with E-state index in [1.807, 2.05) is 13.8 Å². The van der Waals surface area contributed by atoms with Gasteiger partial charge in [0.1, 0.15) is 0 Å². The molecule has 0 saturated carbocycles. The normalized spacial score (nSPS) is 11.9. The van der Waals surface area contributed by atoms with Crippen LogP contribution in [0.25, 0.3) is 0 Å². The Morgan fingerprint density at radius 1 is 1.50 bits per heavy atom. The van der Waals surface area contributed by atoms with Gasteiger partial charge in [-0.1, -0.05) is 13.8 Å². The Hall–Kier alpha value is 0.190. The first kappa shape index (κ1) is 8.19. The Morgan fingerprint density at radius 2 is 2.00 bits per heavy atom. The van der Waals surface area contributed by atoms with Crippen LogP contribution < -0.4 is 0 Å². The topological polar surface area (TPSA) is 26.3 Å². The van der Waals surface area contributed by atoms with E-state index in [1.165, 1.54) is 0 Å². The molecule has 0 bridgehead atoms. The highest BCUT2D eigenvalue weighted by molar-refractivity contribution is 7.17. The summed E-state index contributed by atoms with van der Waals surface area (Å²) in [7, 11) is -1.00. The molecule has 3 heteroatoms. The molecule has 1 unspecified atom stereocenters. The van der Waals surface area contributed by atoms with Gasteiger partial charge in [0, 0.05) is 0 Å². The number of hydrogen-bond acceptors (Lipinski definition) is 2. The van der Waals surface area contributed by atoms with Crippen LogP contribution in [0.5, 0.6) is 0 Å². The summed E-state index contributed by atoms with van der Waals surface area (Å²) in [6.07, 6.45) is 2.15. The van der Waals surface area contributed by atoms with Gasteiger partial charge < -0.3 is 4.52 Å². The van der Waals surface area contributed by atoms with Gasteiger partial charge in [-0.15, -0.1) is 0 Å². The Kier molecular flexibility index (Phi) is 5.46. The van der Waals surface area contributed by atoms with E-state index in [4.69, 9.17) is 4.52 Å². The van der Waals surface area contributed by atoms with E-state index in [1.54, 1.807) is 0 Å². The number of hydrogen-bond donors (Lipinski definition) is 0. The average Bonchev–Trinajstić information content (AvgIpc) is 1.83. The monoisotopic (exact) mass is 136 g/mol. The van der Waals surface area contributed by atoms with Crippen molar-refractivity contribution >= 4 is 8.69 Å². The quantitative estimate of drug-likeness (QED) is 0.551. The molecular formula is C5H13O2P. The van der Waals surface area contributed by atoms with Gasteiger partial charge >= 0.3 is 0 Å². The summed E-state index contributed by atoms with van der Waals surface area (Å²) in [5.41, 5.74) is 0. The summed E-state index contributed by atoms with van der Waals surface area (Å²) in [5, 5.41) is 0. The molecule has 0 heterocycles. The first-order valence-electron chi connectivity index (χ1n) is 2.94. The first-order chi connectivity index (χ1) is 3.85. The van der Waals surface area contributed by atoms with Crippen LogP contribution in [0, 0.1) is 0 Å². The highest BCUT2D eigenvalue weighted by Crippen LogP contribution is 2.08. The molecule has 0 aliphatic carbocycles. The summed E-state index contributed by atoms with van der Waals surface area (Å²) in [6, 6.07) is 0. The minimum absolute atomic E-state index is 0.225. The van der Waals surface area contributed by atoms with E-state index in [2.05, 4.69) is 0 Å². The molecule has 0 aromatic heterocycles. The van der Waals surface area contributed by atoms with Crippen LogP contribution >= 0.6 is 8.69 Å². The van der Waals surface area contributed by atoms with Crippen molar-refractivity contribution in [1.29, 1.82) is 0 Å². The molecule has 0 aliphatic heterocycles. The van der Waals surface area contributed by atoms with Gasteiger partial charge in [-0.05, 0) is 12.8 Å². The zero-order chi connectivity index (χ0) is 6.41. The number of rotatable bonds is 4. The average molecular weight is 136 g/mol. The van der Waals surface area contributed by atoms with Crippen molar-refractivity contribution in [1.82, 2.24) is 0 Å². The molecule has 1 atom stereocenters. The van der Waals surface area contributed by atoms with E-state index in [0.29, 0.717) is 0 Å². The smallest absolute Gasteiger partial charge is 0.180 e. The van der Waals surface area contributed by atoms with Gasteiger partial charge in [0.25, 0.3) is 0 Å². The lowest BCUT2D eigenvalue weighted by molar-refractivity contribution is 0.214. The van der Waals surface area contributed by atoms with Crippen molar-refractivity contribution < 1.29 is 9.09 Å². The first-order valence-corrected chi connectivity index (χ1v) is 3.88. The Balaban J connectivity index is 3.20. The SMILES string of the molecule is CCC(CC)O[PH2]=O. The lowest BCUT2D eigenvalue weighted by Crippen LogP contribution is -2.02. The highest BCUT2D eigenvalue weighted by Gasteiger charge is 1.98. The second-order valence-corrected chi connectivity index (χ2v) is 2.14. The van der Waals surface area contributed by atoms with Crippen molar-refractivity contribution in [2.75, 3.05) is 0 Å². The summed E-state index contributed by atoms with van der Waals surface area (Å²) in [6.45, 7) is 4.06. The summed E-state index contributed by atoms with van der Waals surface area (Å²) in [4.78, 5) is 0. The molecule has 0 spiro atoms. The van der Waals surface area contributed by atoms with E-state index < -0.39 is 8.69 Å². The lowest BCUT2D eigenvalue weighted by atomic mass is 10.2. The molecule has 8 heavy (non-hydrogen) atoms. The molecule has 0 radical (unpaired) electrons. The van der Waals surface area contributed by atoms with Gasteiger partial charge in [-0.2, -0.15) is 0 Å². The van der Waals surface area contributed by atoms with Crippen LogP contribution in [0.15, 0.2) is 0 Å². The molecule has 0 aromatic carbocycles. The second-order valence-electron chi connectivity index (χ2n) is 1.67. The fourth-order valence-corrected chi connectivity index (χ4v) is 1.10. The van der Waals surface area contributed by atoms with Crippen molar-refractivity contribution in [3.8, 4) is 0 Å². The Bertz CT molecular complexity index is 61.4. The standard InChI is InChI=1S/C5H13O2P/c1-3-5(4-2)7-8-6/h5H,3-4,8H2,1-2H3. The maximum Gasteiger partial charge on any atom is 0.180 e. The molecule has 0 rings (SSSR count). The van der Waals surface area contributed by atoms with Crippen molar-refractivity contribution in [2.24, 2.45) is 0 Å². The zero-order valence-corrected chi connectivity index (χ0v) is 6.54. The van der Waals surface area contributed by atoms with Crippen LogP contribution in [-0.2, 0) is 9.09 Å². The lowest BCUT2D eigenvalue weighted by Gasteiger charge is -2.06. The van der Waals surface area contributed by atoms with Gasteiger partial charge in [0.05, 0.1) is 6.10 Å². The molecule has 50 valence electrons. The van der Waals surface area contributed by atoms with Crippen LogP contribution in [0.4, 0.5) is 0 Å². The van der Waals surface area contributed by atoms with E-state index in [0.717, 1.165) is 12.8 Å². The minimum atomic E-state index is -1.00. The molecule has 2 nitrogen and oxygen atoms in total. The van der Waals surface area contributed by atoms with Gasteiger partial charge in [-0.25, -0.2) is 0 Å². The molecule has 0 aromatic rings. The van der Waals surface area contributed by atoms with Gasteiger partial charge in [-0.3, -0.25) is 4.57 Å². The summed E-state index contributed by atoms with van der Waals surface area (Å²) >= 11 is 0. The summed E-state index contributed by atoms with van der Waals surface area (Å²) < 4.78 is 14.8. The molecule has 0 fully saturated rings. The van der Waals surface area contributed by atoms with E-state index in [-0.39, 0.29) is 6.10 Å². The fourth-order valence-electron chi connectivity index (χ4n) is 0.560. The van der Waals surface area contributed by atoms with Crippen LogP contribution in [0.1, 0.15) is 26.7 Å². The molecule has 0 saturated heterocycles. The predicted octanol–water partition coefficient (Wildman–Crippen LogP) is 1.86. The molecule has 0 aliphatic rings. The third kappa shape index (κ3) is 3.23. The van der Waals surface area contributed by atoms with E-state index in [9.17, 15) is 4.57 Å². The molecule has 0 N–H and O–H groups in total. The van der Waals surface area contributed by atoms with Gasteiger partial charge in [0.2, 0.25) is 0 Å². The van der Waals surface area contributed by atoms with Crippen LogP contribution in [0.3, 0.4) is 0 Å². The van der Waals surface area contributed by atoms with Crippen molar-refractivity contribution in [2.45, 2.75) is 32.8 Å².